The van der Waals surface area contributed by atoms with Crippen molar-refractivity contribution in [3.63, 3.8) is 0 Å². The number of aromatic nitrogens is 2. The Balaban J connectivity index is 2.17. The zero-order chi connectivity index (χ0) is 11.5. The van der Waals surface area contributed by atoms with E-state index in [2.05, 4.69) is 10.2 Å². The van der Waals surface area contributed by atoms with Gasteiger partial charge in [-0.3, -0.25) is 0 Å². The van der Waals surface area contributed by atoms with Gasteiger partial charge in [-0.15, -0.1) is 5.10 Å². The summed E-state index contributed by atoms with van der Waals surface area (Å²) >= 11 is 1.12. The number of ether oxygens (including phenoxy) is 1. The Morgan fingerprint density at radius 3 is 2.88 bits per heavy atom. The lowest BCUT2D eigenvalue weighted by Crippen LogP contribution is -1.87. The SMILES string of the molecule is Cc1ccc(Oc2nnc(CO)s2)cc1F. The molecule has 1 N–H and O–H groups in total. The summed E-state index contributed by atoms with van der Waals surface area (Å²) in [6.45, 7) is 1.50. The molecule has 0 aliphatic heterocycles. The highest BCUT2D eigenvalue weighted by atomic mass is 32.1. The van der Waals surface area contributed by atoms with Crippen molar-refractivity contribution >= 4 is 11.3 Å². The van der Waals surface area contributed by atoms with Crippen LogP contribution in [0.3, 0.4) is 0 Å². The second-order valence-corrected chi connectivity index (χ2v) is 4.16. The Hall–Kier alpha value is -1.53. The molecule has 0 saturated carbocycles. The van der Waals surface area contributed by atoms with Crippen molar-refractivity contribution in [1.29, 1.82) is 0 Å². The third kappa shape index (κ3) is 2.34. The number of aliphatic hydroxyl groups excluding tert-OH is 1. The molecule has 0 unspecified atom stereocenters. The molecule has 0 aliphatic rings. The van der Waals surface area contributed by atoms with Gasteiger partial charge < -0.3 is 9.84 Å². The van der Waals surface area contributed by atoms with Crippen molar-refractivity contribution in [3.05, 3.63) is 34.6 Å². The van der Waals surface area contributed by atoms with Crippen LogP contribution < -0.4 is 4.74 Å². The monoisotopic (exact) mass is 240 g/mol. The van der Waals surface area contributed by atoms with E-state index >= 15 is 0 Å². The van der Waals surface area contributed by atoms with Crippen molar-refractivity contribution in [2.45, 2.75) is 13.5 Å². The lowest BCUT2D eigenvalue weighted by molar-refractivity contribution is 0.280. The molecule has 2 rings (SSSR count). The van der Waals surface area contributed by atoms with Crippen LogP contribution in [0, 0.1) is 12.7 Å². The van der Waals surface area contributed by atoms with Crippen molar-refractivity contribution in [2.75, 3.05) is 0 Å². The minimum Gasteiger partial charge on any atom is -0.430 e. The Labute approximate surface area is 95.3 Å². The number of hydrogen-bond donors (Lipinski definition) is 1. The molecule has 0 fully saturated rings. The molecule has 1 aromatic carbocycles. The lowest BCUT2D eigenvalue weighted by Gasteiger charge is -2.02. The average molecular weight is 240 g/mol. The van der Waals surface area contributed by atoms with Crippen molar-refractivity contribution in [2.24, 2.45) is 0 Å². The predicted molar refractivity (Wildman–Crippen MR) is 57.0 cm³/mol. The number of hydrogen-bond acceptors (Lipinski definition) is 5. The first-order valence-electron chi connectivity index (χ1n) is 4.56. The van der Waals surface area contributed by atoms with Crippen LogP contribution >= 0.6 is 11.3 Å². The molecule has 1 heterocycles. The minimum absolute atomic E-state index is 0.177. The Bertz CT molecular complexity index is 501. The fourth-order valence-corrected chi connectivity index (χ4v) is 1.65. The number of aryl methyl sites for hydroxylation is 1. The highest BCUT2D eigenvalue weighted by Crippen LogP contribution is 2.26. The van der Waals surface area contributed by atoms with E-state index < -0.39 is 0 Å². The van der Waals surface area contributed by atoms with Gasteiger partial charge in [0, 0.05) is 6.07 Å². The van der Waals surface area contributed by atoms with E-state index in [4.69, 9.17) is 9.84 Å². The van der Waals surface area contributed by atoms with Gasteiger partial charge in [0.1, 0.15) is 16.6 Å². The maximum Gasteiger partial charge on any atom is 0.299 e. The molecule has 0 aliphatic carbocycles. The molecule has 2 aromatic rings. The number of halogens is 1. The van der Waals surface area contributed by atoms with Crippen LogP contribution in [0.4, 0.5) is 4.39 Å². The van der Waals surface area contributed by atoms with Crippen LogP contribution in [0.25, 0.3) is 0 Å². The fraction of sp³-hybridized carbons (Fsp3) is 0.200. The summed E-state index contributed by atoms with van der Waals surface area (Å²) in [6, 6.07) is 4.56. The Morgan fingerprint density at radius 1 is 1.44 bits per heavy atom. The van der Waals surface area contributed by atoms with E-state index in [-0.39, 0.29) is 17.6 Å². The number of rotatable bonds is 3. The Morgan fingerprint density at radius 2 is 2.25 bits per heavy atom. The van der Waals surface area contributed by atoms with Gasteiger partial charge in [-0.1, -0.05) is 22.5 Å². The van der Waals surface area contributed by atoms with Gasteiger partial charge in [0.15, 0.2) is 0 Å². The standard InChI is InChI=1S/C10H9FN2O2S/c1-6-2-3-7(4-8(6)11)15-10-13-12-9(5-14)16-10/h2-4,14H,5H2,1H3. The van der Waals surface area contributed by atoms with Crippen molar-refractivity contribution < 1.29 is 14.2 Å². The summed E-state index contributed by atoms with van der Waals surface area (Å²) in [7, 11) is 0. The molecular formula is C10H9FN2O2S. The summed E-state index contributed by atoms with van der Waals surface area (Å²) in [4.78, 5) is 0. The molecule has 16 heavy (non-hydrogen) atoms. The molecule has 0 spiro atoms. The summed E-state index contributed by atoms with van der Waals surface area (Å²) in [5, 5.41) is 16.9. The first-order chi connectivity index (χ1) is 7.69. The van der Waals surface area contributed by atoms with Crippen LogP contribution in [0.15, 0.2) is 18.2 Å². The zero-order valence-electron chi connectivity index (χ0n) is 8.48. The van der Waals surface area contributed by atoms with Crippen LogP contribution in [-0.4, -0.2) is 15.3 Å². The molecule has 0 bridgehead atoms. The summed E-state index contributed by atoms with van der Waals surface area (Å²) in [5.74, 6) is 0.0353. The van der Waals surface area contributed by atoms with E-state index in [1.54, 1.807) is 19.1 Å². The Kier molecular flexibility index (Phi) is 3.12. The van der Waals surface area contributed by atoms with Crippen molar-refractivity contribution in [3.8, 4) is 10.9 Å². The molecule has 6 heteroatoms. The van der Waals surface area contributed by atoms with Gasteiger partial charge in [-0.05, 0) is 18.6 Å². The van der Waals surface area contributed by atoms with Gasteiger partial charge in [-0.2, -0.15) is 0 Å². The van der Waals surface area contributed by atoms with Gasteiger partial charge in [0.2, 0.25) is 0 Å². The molecule has 0 atom stereocenters. The smallest absolute Gasteiger partial charge is 0.299 e. The first-order valence-corrected chi connectivity index (χ1v) is 5.38. The van der Waals surface area contributed by atoms with Gasteiger partial charge in [-0.25, -0.2) is 4.39 Å². The van der Waals surface area contributed by atoms with Crippen LogP contribution in [0.2, 0.25) is 0 Å². The minimum atomic E-state index is -0.329. The van der Waals surface area contributed by atoms with E-state index in [1.807, 2.05) is 0 Å². The largest absolute Gasteiger partial charge is 0.430 e. The molecule has 0 saturated heterocycles. The highest BCUT2D eigenvalue weighted by Gasteiger charge is 2.06. The van der Waals surface area contributed by atoms with Gasteiger partial charge >= 0.3 is 0 Å². The topological polar surface area (TPSA) is 55.2 Å². The second-order valence-electron chi connectivity index (χ2n) is 3.13. The zero-order valence-corrected chi connectivity index (χ0v) is 9.29. The number of nitrogens with zero attached hydrogens (tertiary/aromatic N) is 2. The van der Waals surface area contributed by atoms with E-state index in [9.17, 15) is 4.39 Å². The summed E-state index contributed by atoms with van der Waals surface area (Å²) in [5.41, 5.74) is 0.556. The van der Waals surface area contributed by atoms with E-state index in [0.29, 0.717) is 16.3 Å². The molecule has 0 amide bonds. The fourth-order valence-electron chi connectivity index (χ4n) is 1.08. The van der Waals surface area contributed by atoms with Crippen LogP contribution in [-0.2, 0) is 6.61 Å². The summed E-state index contributed by atoms with van der Waals surface area (Å²) in [6.07, 6.45) is 0. The maximum absolute atomic E-state index is 13.2. The van der Waals surface area contributed by atoms with Crippen LogP contribution in [0.5, 0.6) is 10.9 Å². The maximum atomic E-state index is 13.2. The normalized spacial score (nSPS) is 10.4. The van der Waals surface area contributed by atoms with E-state index in [1.165, 1.54) is 6.07 Å². The van der Waals surface area contributed by atoms with Crippen molar-refractivity contribution in [1.82, 2.24) is 10.2 Å². The van der Waals surface area contributed by atoms with Gasteiger partial charge in [0.05, 0.1) is 6.61 Å². The highest BCUT2D eigenvalue weighted by molar-refractivity contribution is 7.13. The molecule has 84 valence electrons. The van der Waals surface area contributed by atoms with Gasteiger partial charge in [0.25, 0.3) is 5.19 Å². The molecular weight excluding hydrogens is 231 g/mol. The molecule has 4 nitrogen and oxygen atoms in total. The summed E-state index contributed by atoms with van der Waals surface area (Å²) < 4.78 is 18.5. The third-order valence-electron chi connectivity index (χ3n) is 1.93. The number of benzene rings is 1. The quantitative estimate of drug-likeness (QED) is 0.894. The lowest BCUT2D eigenvalue weighted by atomic mass is 10.2. The second kappa shape index (κ2) is 4.54. The number of aliphatic hydroxyl groups is 1. The third-order valence-corrected chi connectivity index (χ3v) is 2.72. The van der Waals surface area contributed by atoms with Crippen LogP contribution in [0.1, 0.15) is 10.6 Å². The van der Waals surface area contributed by atoms with E-state index in [0.717, 1.165) is 11.3 Å². The molecule has 1 aromatic heterocycles. The molecule has 0 radical (unpaired) electrons. The first kappa shape index (κ1) is 11.0. The predicted octanol–water partition coefficient (Wildman–Crippen LogP) is 2.27. The average Bonchev–Trinajstić information content (AvgIpc) is 2.71.